The molecular weight excluding hydrogens is 500 g/mol. The van der Waals surface area contributed by atoms with Crippen LogP contribution in [-0.4, -0.2) is 69.6 Å². The van der Waals surface area contributed by atoms with Crippen LogP contribution in [-0.2, 0) is 9.84 Å². The van der Waals surface area contributed by atoms with Crippen LogP contribution in [0.3, 0.4) is 0 Å². The number of rotatable bonds is 7. The maximum Gasteiger partial charge on any atom is 0.227 e. The van der Waals surface area contributed by atoms with Gasteiger partial charge in [-0.25, -0.2) is 33.3 Å². The maximum absolute atomic E-state index is 11.7. The van der Waals surface area contributed by atoms with E-state index in [4.69, 9.17) is 4.98 Å². The molecule has 0 amide bonds. The number of aromatic hydroxyl groups is 1. The molecule has 0 spiro atoms. The van der Waals surface area contributed by atoms with Gasteiger partial charge in [-0.2, -0.15) is 0 Å². The van der Waals surface area contributed by atoms with Crippen LogP contribution in [0.15, 0.2) is 48.9 Å². The first-order valence-electron chi connectivity index (χ1n) is 11.3. The van der Waals surface area contributed by atoms with Crippen LogP contribution < -0.4 is 15.5 Å². The summed E-state index contributed by atoms with van der Waals surface area (Å²) in [6.45, 7) is 3.60. The third-order valence-corrected chi connectivity index (χ3v) is 8.18. The first-order chi connectivity index (χ1) is 17.4. The summed E-state index contributed by atoms with van der Waals surface area (Å²) in [5.41, 5.74) is 2.81. The molecule has 4 aromatic rings. The Morgan fingerprint density at radius 3 is 2.58 bits per heavy atom. The normalized spacial score (nSPS) is 15.0. The number of sulfone groups is 1. The number of hydrogen-bond acceptors (Lipinski definition) is 12. The number of nitrogens with zero attached hydrogens (tertiary/aromatic N) is 6. The first-order valence-corrected chi connectivity index (χ1v) is 14.0. The molecule has 0 aliphatic carbocycles. The third kappa shape index (κ3) is 5.36. The van der Waals surface area contributed by atoms with E-state index in [2.05, 4.69) is 30.6 Å². The van der Waals surface area contributed by atoms with Gasteiger partial charge in [0.15, 0.2) is 15.0 Å². The molecule has 0 unspecified atom stereocenters. The first kappa shape index (κ1) is 23.9. The average Bonchev–Trinajstić information content (AvgIpc) is 3.29. The second-order valence-electron chi connectivity index (χ2n) is 8.06. The number of hydrogen-bond donors (Lipinski definition) is 3. The summed E-state index contributed by atoms with van der Waals surface area (Å²) < 4.78 is 23.3. The van der Waals surface area contributed by atoms with Gasteiger partial charge in [-0.3, -0.25) is 0 Å². The van der Waals surface area contributed by atoms with E-state index < -0.39 is 9.84 Å². The highest BCUT2D eigenvalue weighted by molar-refractivity contribution is 7.91. The molecule has 1 aliphatic rings. The van der Waals surface area contributed by atoms with Crippen LogP contribution >= 0.6 is 11.3 Å². The Hall–Kier alpha value is -3.84. The van der Waals surface area contributed by atoms with Crippen molar-refractivity contribution in [1.82, 2.24) is 24.9 Å². The number of pyridine rings is 2. The molecule has 1 saturated heterocycles. The van der Waals surface area contributed by atoms with Gasteiger partial charge in [0.1, 0.15) is 5.82 Å². The molecule has 1 aliphatic heterocycles. The minimum atomic E-state index is -2.95. The summed E-state index contributed by atoms with van der Waals surface area (Å²) in [6.07, 6.45) is 4.88. The van der Waals surface area contributed by atoms with E-state index in [1.807, 2.05) is 30.0 Å². The van der Waals surface area contributed by atoms with Gasteiger partial charge >= 0.3 is 0 Å². The molecule has 3 N–H and O–H groups in total. The fraction of sp³-hybridized carbons (Fsp3) is 0.261. The van der Waals surface area contributed by atoms with Crippen LogP contribution in [0.4, 0.5) is 22.6 Å². The zero-order valence-corrected chi connectivity index (χ0v) is 21.1. The van der Waals surface area contributed by atoms with Crippen LogP contribution in [0, 0.1) is 0 Å². The van der Waals surface area contributed by atoms with E-state index in [9.17, 15) is 13.5 Å². The molecule has 1 fully saturated rings. The predicted octanol–water partition coefficient (Wildman–Crippen LogP) is 3.17. The molecule has 5 heterocycles. The molecule has 0 atom stereocenters. The highest BCUT2D eigenvalue weighted by atomic mass is 32.2. The number of thiazole rings is 1. The molecule has 5 rings (SSSR count). The lowest BCUT2D eigenvalue weighted by Crippen LogP contribution is -2.40. The van der Waals surface area contributed by atoms with Crippen molar-refractivity contribution in [1.29, 1.82) is 0 Å². The molecule has 4 aromatic heterocycles. The lowest BCUT2D eigenvalue weighted by molar-refractivity contribution is 0.454. The lowest BCUT2D eigenvalue weighted by Gasteiger charge is -2.27. The van der Waals surface area contributed by atoms with Crippen molar-refractivity contribution in [3.05, 3.63) is 48.9 Å². The molecule has 186 valence electrons. The van der Waals surface area contributed by atoms with Gasteiger partial charge in [0.25, 0.3) is 0 Å². The van der Waals surface area contributed by atoms with Crippen molar-refractivity contribution in [2.45, 2.75) is 6.92 Å². The van der Waals surface area contributed by atoms with E-state index in [-0.39, 0.29) is 17.4 Å². The van der Waals surface area contributed by atoms with Crippen molar-refractivity contribution in [3.63, 3.8) is 0 Å². The topological polar surface area (TPSA) is 146 Å². The van der Waals surface area contributed by atoms with Crippen LogP contribution in [0.2, 0.25) is 0 Å². The zero-order valence-electron chi connectivity index (χ0n) is 19.4. The van der Waals surface area contributed by atoms with E-state index in [1.54, 1.807) is 24.5 Å². The molecule has 0 aromatic carbocycles. The summed E-state index contributed by atoms with van der Waals surface area (Å²) in [4.78, 5) is 24.9. The van der Waals surface area contributed by atoms with Crippen molar-refractivity contribution in [2.75, 3.05) is 46.7 Å². The van der Waals surface area contributed by atoms with Crippen LogP contribution in [0.5, 0.6) is 5.88 Å². The van der Waals surface area contributed by atoms with Gasteiger partial charge in [-0.1, -0.05) is 11.3 Å². The van der Waals surface area contributed by atoms with Gasteiger partial charge in [0.05, 0.1) is 39.7 Å². The van der Waals surface area contributed by atoms with Crippen molar-refractivity contribution >= 4 is 43.8 Å². The Kier molecular flexibility index (Phi) is 6.65. The van der Waals surface area contributed by atoms with Gasteiger partial charge in [0.2, 0.25) is 11.8 Å². The minimum Gasteiger partial charge on any atom is -0.493 e. The smallest absolute Gasteiger partial charge is 0.227 e. The second kappa shape index (κ2) is 10.0. The van der Waals surface area contributed by atoms with Crippen molar-refractivity contribution < 1.29 is 13.5 Å². The summed E-state index contributed by atoms with van der Waals surface area (Å²) in [6, 6.07) is 8.89. The lowest BCUT2D eigenvalue weighted by atomic mass is 10.1. The average molecular weight is 525 g/mol. The third-order valence-electron chi connectivity index (χ3n) is 5.53. The number of anilines is 4. The van der Waals surface area contributed by atoms with E-state index in [1.165, 1.54) is 17.5 Å². The van der Waals surface area contributed by atoms with E-state index in [0.29, 0.717) is 36.1 Å². The molecule has 0 bridgehead atoms. The largest absolute Gasteiger partial charge is 0.493 e. The number of aromatic nitrogens is 5. The van der Waals surface area contributed by atoms with Gasteiger partial charge in [-0.05, 0) is 31.2 Å². The van der Waals surface area contributed by atoms with Gasteiger partial charge in [-0.15, -0.1) is 0 Å². The Bertz CT molecular complexity index is 1460. The SMILES string of the molecule is CCNc1nc(-c2ccnc(O)c2)c(-c2ccnc(Nc3ccc(N4CCS(=O)(=O)CC4)nc3)n2)s1. The molecule has 13 heteroatoms. The standard InChI is InChI=1S/C23H24N8O3S2/c1-2-24-23-30-20(15-5-7-25-19(32)13-15)21(35-23)17-6-8-26-22(29-17)28-16-3-4-18(27-14-16)31-9-11-36(33,34)12-10-31/h3-8,13-14H,2,9-12H2,1H3,(H,24,30)(H,25,32)(H,26,28,29). The van der Waals surface area contributed by atoms with Crippen LogP contribution in [0.1, 0.15) is 6.92 Å². The van der Waals surface area contributed by atoms with E-state index >= 15 is 0 Å². The minimum absolute atomic E-state index is 0.0800. The van der Waals surface area contributed by atoms with Gasteiger partial charge < -0.3 is 20.6 Å². The quantitative estimate of drug-likeness (QED) is 0.327. The molecule has 36 heavy (non-hydrogen) atoms. The fourth-order valence-electron chi connectivity index (χ4n) is 3.74. The van der Waals surface area contributed by atoms with Crippen LogP contribution in [0.25, 0.3) is 21.8 Å². The number of nitrogens with one attached hydrogen (secondary N) is 2. The molecule has 11 nitrogen and oxygen atoms in total. The van der Waals surface area contributed by atoms with E-state index in [0.717, 1.165) is 27.9 Å². The maximum atomic E-state index is 11.7. The summed E-state index contributed by atoms with van der Waals surface area (Å²) in [5, 5.41) is 17.0. The van der Waals surface area contributed by atoms with Crippen molar-refractivity contribution in [2.24, 2.45) is 0 Å². The van der Waals surface area contributed by atoms with Crippen molar-refractivity contribution in [3.8, 4) is 27.7 Å². The van der Waals surface area contributed by atoms with Gasteiger partial charge in [0, 0.05) is 43.7 Å². The highest BCUT2D eigenvalue weighted by Gasteiger charge is 2.22. The fourth-order valence-corrected chi connectivity index (χ4v) is 5.97. The predicted molar refractivity (Wildman–Crippen MR) is 141 cm³/mol. The zero-order chi connectivity index (χ0) is 25.1. The summed E-state index contributed by atoms with van der Waals surface area (Å²) >= 11 is 1.47. The summed E-state index contributed by atoms with van der Waals surface area (Å²) in [5.74, 6) is 1.33. The Morgan fingerprint density at radius 1 is 1.06 bits per heavy atom. The second-order valence-corrected chi connectivity index (χ2v) is 11.4. The molecule has 0 saturated carbocycles. The monoisotopic (exact) mass is 524 g/mol. The molecular formula is C23H24N8O3S2. The Morgan fingerprint density at radius 2 is 1.86 bits per heavy atom. The Balaban J connectivity index is 1.38. The summed E-state index contributed by atoms with van der Waals surface area (Å²) in [7, 11) is -2.95. The Labute approximate surface area is 212 Å². The highest BCUT2D eigenvalue weighted by Crippen LogP contribution is 2.39. The molecule has 0 radical (unpaired) electrons.